The molecule has 1 N–H and O–H groups in total. The summed E-state index contributed by atoms with van der Waals surface area (Å²) in [5.41, 5.74) is 0. The van der Waals surface area contributed by atoms with Gasteiger partial charge in [-0.25, -0.2) is 4.79 Å². The number of alkyl halides is 3. The van der Waals surface area contributed by atoms with E-state index in [1.807, 2.05) is 13.0 Å². The van der Waals surface area contributed by atoms with Gasteiger partial charge in [0.2, 0.25) is 0 Å². The number of piperidine rings is 1. The smallest absolute Gasteiger partial charge is 0.475 e. The van der Waals surface area contributed by atoms with E-state index in [1.54, 1.807) is 0 Å². The Hall–Kier alpha value is -1.54. The molecule has 0 spiro atoms. The summed E-state index contributed by atoms with van der Waals surface area (Å²) < 4.78 is 43.3. The monoisotopic (exact) mass is 349 g/mol. The van der Waals surface area contributed by atoms with Gasteiger partial charge in [0.15, 0.2) is 0 Å². The first-order valence-corrected chi connectivity index (χ1v) is 7.88. The number of ether oxygens (including phenoxy) is 1. The van der Waals surface area contributed by atoms with Crippen molar-refractivity contribution < 1.29 is 32.2 Å². The average Bonchev–Trinajstić information content (AvgIpc) is 3.03. The van der Waals surface area contributed by atoms with Gasteiger partial charge in [0, 0.05) is 19.0 Å². The average molecular weight is 349 g/mol. The third kappa shape index (κ3) is 5.24. The molecule has 3 heterocycles. The summed E-state index contributed by atoms with van der Waals surface area (Å²) in [6.07, 6.45) is -1.72. The topological polar surface area (TPSA) is 62.9 Å². The van der Waals surface area contributed by atoms with Crippen LogP contribution in [0.3, 0.4) is 0 Å². The van der Waals surface area contributed by atoms with Crippen LogP contribution in [0.5, 0.6) is 0 Å². The van der Waals surface area contributed by atoms with E-state index in [-0.39, 0.29) is 0 Å². The SMILES string of the molecule is Cc1ccc(CN2CC[C@@H]3O[C@@H](C)C[C@H]3C2)o1.O=C(O)C(F)(F)F. The molecule has 2 fully saturated rings. The van der Waals surface area contributed by atoms with E-state index >= 15 is 0 Å². The zero-order valence-electron chi connectivity index (χ0n) is 13.7. The summed E-state index contributed by atoms with van der Waals surface area (Å²) in [6, 6.07) is 4.14. The van der Waals surface area contributed by atoms with Gasteiger partial charge in [0.1, 0.15) is 11.5 Å². The van der Waals surface area contributed by atoms with Crippen molar-refractivity contribution in [3.8, 4) is 0 Å². The summed E-state index contributed by atoms with van der Waals surface area (Å²) in [7, 11) is 0. The second-order valence-corrected chi connectivity index (χ2v) is 6.32. The van der Waals surface area contributed by atoms with Crippen molar-refractivity contribution >= 4 is 5.97 Å². The maximum absolute atomic E-state index is 10.6. The summed E-state index contributed by atoms with van der Waals surface area (Å²) in [4.78, 5) is 11.4. The first kappa shape index (κ1) is 18.8. The molecule has 24 heavy (non-hydrogen) atoms. The fourth-order valence-electron chi connectivity index (χ4n) is 3.21. The molecule has 1 aromatic rings. The zero-order valence-corrected chi connectivity index (χ0v) is 13.7. The Balaban J connectivity index is 0.000000256. The molecule has 2 aliphatic rings. The highest BCUT2D eigenvalue weighted by molar-refractivity contribution is 5.73. The Labute approximate surface area is 138 Å². The number of aliphatic carboxylic acids is 1. The van der Waals surface area contributed by atoms with E-state index in [1.165, 1.54) is 12.8 Å². The van der Waals surface area contributed by atoms with Gasteiger partial charge in [0.05, 0.1) is 18.8 Å². The molecule has 5 nitrogen and oxygen atoms in total. The third-order valence-corrected chi connectivity index (χ3v) is 4.21. The molecule has 8 heteroatoms. The molecule has 136 valence electrons. The van der Waals surface area contributed by atoms with E-state index in [4.69, 9.17) is 19.1 Å². The fourth-order valence-corrected chi connectivity index (χ4v) is 3.21. The van der Waals surface area contributed by atoms with Crippen LogP contribution >= 0.6 is 0 Å². The van der Waals surface area contributed by atoms with Gasteiger partial charge >= 0.3 is 12.1 Å². The normalized spacial score (nSPS) is 27.3. The van der Waals surface area contributed by atoms with E-state index < -0.39 is 12.1 Å². The Bertz CT molecular complexity index is 558. The number of fused-ring (bicyclic) bond motifs is 1. The van der Waals surface area contributed by atoms with E-state index in [9.17, 15) is 13.2 Å². The van der Waals surface area contributed by atoms with Gasteiger partial charge < -0.3 is 14.3 Å². The van der Waals surface area contributed by atoms with Crippen LogP contribution in [-0.4, -0.2) is 47.4 Å². The van der Waals surface area contributed by atoms with Crippen LogP contribution in [0, 0.1) is 12.8 Å². The molecule has 0 saturated carbocycles. The molecule has 0 radical (unpaired) electrons. The van der Waals surface area contributed by atoms with Gasteiger partial charge in [-0.05, 0) is 38.8 Å². The molecule has 0 aliphatic carbocycles. The minimum atomic E-state index is -5.08. The van der Waals surface area contributed by atoms with E-state index in [0.29, 0.717) is 12.2 Å². The molecule has 0 bridgehead atoms. The van der Waals surface area contributed by atoms with Gasteiger partial charge in [0.25, 0.3) is 0 Å². The first-order valence-electron chi connectivity index (χ1n) is 7.88. The highest BCUT2D eigenvalue weighted by atomic mass is 19.4. The van der Waals surface area contributed by atoms with Gasteiger partial charge in [-0.3, -0.25) is 4.90 Å². The van der Waals surface area contributed by atoms with Crippen LogP contribution in [0.25, 0.3) is 0 Å². The highest BCUT2D eigenvalue weighted by Crippen LogP contribution is 2.33. The number of likely N-dealkylation sites (tertiary alicyclic amines) is 1. The molecule has 2 saturated heterocycles. The molecule has 0 aromatic carbocycles. The summed E-state index contributed by atoms with van der Waals surface area (Å²) in [5, 5.41) is 7.12. The minimum Gasteiger partial charge on any atom is -0.475 e. The lowest BCUT2D eigenvalue weighted by atomic mass is 9.93. The number of carbonyl (C=O) groups is 1. The van der Waals surface area contributed by atoms with Crippen LogP contribution in [0.2, 0.25) is 0 Å². The number of hydrogen-bond acceptors (Lipinski definition) is 4. The first-order chi connectivity index (χ1) is 11.1. The number of halogens is 3. The largest absolute Gasteiger partial charge is 0.490 e. The van der Waals surface area contributed by atoms with E-state index in [0.717, 1.165) is 37.1 Å². The Morgan fingerprint density at radius 3 is 2.62 bits per heavy atom. The van der Waals surface area contributed by atoms with Crippen molar-refractivity contribution in [3.63, 3.8) is 0 Å². The second-order valence-electron chi connectivity index (χ2n) is 6.32. The molecule has 3 rings (SSSR count). The van der Waals surface area contributed by atoms with Crippen molar-refractivity contribution in [2.75, 3.05) is 13.1 Å². The van der Waals surface area contributed by atoms with Crippen LogP contribution in [0.4, 0.5) is 13.2 Å². The standard InChI is InChI=1S/C14H21NO2.C2HF3O2/c1-10-3-4-13(16-10)9-15-6-5-14-12(8-15)7-11(2)17-14;3-2(4,5)1(6)7/h3-4,11-12,14H,5-9H2,1-2H3;(H,6,7)/t11-,12-,14-;/m0./s1. The van der Waals surface area contributed by atoms with Crippen molar-refractivity contribution in [2.45, 2.75) is 51.6 Å². The van der Waals surface area contributed by atoms with Gasteiger partial charge in [-0.15, -0.1) is 0 Å². The lowest BCUT2D eigenvalue weighted by Crippen LogP contribution is -2.40. The summed E-state index contributed by atoms with van der Waals surface area (Å²) in [6.45, 7) is 7.44. The van der Waals surface area contributed by atoms with Crippen molar-refractivity contribution in [3.05, 3.63) is 23.7 Å². The molecule has 0 amide bonds. The van der Waals surface area contributed by atoms with Crippen molar-refractivity contribution in [1.29, 1.82) is 0 Å². The van der Waals surface area contributed by atoms with Crippen molar-refractivity contribution in [1.82, 2.24) is 4.90 Å². The van der Waals surface area contributed by atoms with Gasteiger partial charge in [-0.2, -0.15) is 13.2 Å². The lowest BCUT2D eigenvalue weighted by molar-refractivity contribution is -0.192. The molecule has 1 aromatic heterocycles. The molecular weight excluding hydrogens is 327 g/mol. The quantitative estimate of drug-likeness (QED) is 0.888. The molecule has 2 aliphatic heterocycles. The fraction of sp³-hybridized carbons (Fsp3) is 0.688. The van der Waals surface area contributed by atoms with Gasteiger partial charge in [-0.1, -0.05) is 0 Å². The van der Waals surface area contributed by atoms with Crippen LogP contribution in [-0.2, 0) is 16.1 Å². The number of aryl methyl sites for hydroxylation is 1. The van der Waals surface area contributed by atoms with Crippen molar-refractivity contribution in [2.24, 2.45) is 5.92 Å². The molecule has 0 unspecified atom stereocenters. The predicted octanol–water partition coefficient (Wildman–Crippen LogP) is 3.22. The Kier molecular flexibility index (Phi) is 5.92. The number of rotatable bonds is 2. The number of furan rings is 1. The predicted molar refractivity (Wildman–Crippen MR) is 79.5 cm³/mol. The minimum absolute atomic E-state index is 0.454. The number of hydrogen-bond donors (Lipinski definition) is 1. The maximum Gasteiger partial charge on any atom is 0.490 e. The van der Waals surface area contributed by atoms with Crippen LogP contribution in [0.15, 0.2) is 16.5 Å². The number of carboxylic acids is 1. The lowest BCUT2D eigenvalue weighted by Gasteiger charge is -2.33. The number of nitrogens with zero attached hydrogens (tertiary/aromatic N) is 1. The van der Waals surface area contributed by atoms with Crippen LogP contribution < -0.4 is 0 Å². The second kappa shape index (κ2) is 7.57. The zero-order chi connectivity index (χ0) is 17.9. The summed E-state index contributed by atoms with van der Waals surface area (Å²) >= 11 is 0. The Morgan fingerprint density at radius 1 is 1.42 bits per heavy atom. The maximum atomic E-state index is 10.6. The number of carboxylic acid groups (broad SMARTS) is 1. The summed E-state index contributed by atoms with van der Waals surface area (Å²) in [5.74, 6) is 0.0722. The molecular formula is C16H22F3NO4. The molecule has 3 atom stereocenters. The van der Waals surface area contributed by atoms with E-state index in [2.05, 4.69) is 17.9 Å². The van der Waals surface area contributed by atoms with Crippen LogP contribution in [0.1, 0.15) is 31.3 Å². The third-order valence-electron chi connectivity index (χ3n) is 4.21. The Morgan fingerprint density at radius 2 is 2.08 bits per heavy atom. The highest BCUT2D eigenvalue weighted by Gasteiger charge is 2.38.